The largest absolute Gasteiger partial charge is 0.497 e. The Balaban J connectivity index is 1.23. The second-order valence-corrected chi connectivity index (χ2v) is 15.7. The quantitative estimate of drug-likeness (QED) is 0.188. The summed E-state index contributed by atoms with van der Waals surface area (Å²) in [5, 5.41) is 4.97. The lowest BCUT2D eigenvalue weighted by atomic mass is 9.75. The van der Waals surface area contributed by atoms with Crippen LogP contribution >= 0.6 is 0 Å². The standard InChI is InChI=1S/C49H40O2/c1-29-15-22-39-41(27-29)48(4,5)45-40-25-26-49(31-17-20-33(50-6)21-18-31,51-46(40)38-14-10-9-13-36(38)43(39)45)32-19-24-35-37-23-16-30-11-7-8-12-34(30)44(37)47(2,3)42(35)28-32/h7-28H,1-6H3. The van der Waals surface area contributed by atoms with Crippen LogP contribution in [0, 0.1) is 6.92 Å². The summed E-state index contributed by atoms with van der Waals surface area (Å²) in [6, 6.07) is 44.6. The molecule has 0 fully saturated rings. The first-order valence-corrected chi connectivity index (χ1v) is 18.0. The van der Waals surface area contributed by atoms with E-state index in [1.165, 1.54) is 71.8 Å². The molecule has 0 amide bonds. The summed E-state index contributed by atoms with van der Waals surface area (Å²) in [6.45, 7) is 11.7. The molecule has 248 valence electrons. The van der Waals surface area contributed by atoms with Crippen molar-refractivity contribution in [1.82, 2.24) is 0 Å². The molecule has 0 bridgehead atoms. The van der Waals surface area contributed by atoms with Gasteiger partial charge in [-0.15, -0.1) is 0 Å². The van der Waals surface area contributed by atoms with Crippen molar-refractivity contribution in [3.8, 4) is 33.8 Å². The van der Waals surface area contributed by atoms with Gasteiger partial charge in [0.2, 0.25) is 0 Å². The van der Waals surface area contributed by atoms with Crippen molar-refractivity contribution in [2.75, 3.05) is 7.11 Å². The molecule has 7 aromatic rings. The number of hydrogen-bond acceptors (Lipinski definition) is 2. The summed E-state index contributed by atoms with van der Waals surface area (Å²) < 4.78 is 13.3. The van der Waals surface area contributed by atoms with Crippen LogP contribution in [0.2, 0.25) is 0 Å². The van der Waals surface area contributed by atoms with Gasteiger partial charge in [0.25, 0.3) is 0 Å². The predicted octanol–water partition coefficient (Wildman–Crippen LogP) is 12.3. The Hall–Kier alpha value is -5.60. The number of ether oxygens (including phenoxy) is 2. The highest BCUT2D eigenvalue weighted by Gasteiger charge is 2.45. The number of rotatable bonds is 3. The first kappa shape index (κ1) is 30.2. The summed E-state index contributed by atoms with van der Waals surface area (Å²) in [6.07, 6.45) is 4.66. The molecular weight excluding hydrogens is 621 g/mol. The predicted molar refractivity (Wildman–Crippen MR) is 211 cm³/mol. The van der Waals surface area contributed by atoms with E-state index in [2.05, 4.69) is 156 Å². The van der Waals surface area contributed by atoms with E-state index in [1.54, 1.807) is 7.11 Å². The Bertz CT molecular complexity index is 2650. The summed E-state index contributed by atoms with van der Waals surface area (Å²) in [5.74, 6) is 1.76. The molecule has 7 aromatic carbocycles. The van der Waals surface area contributed by atoms with Gasteiger partial charge >= 0.3 is 0 Å². The minimum absolute atomic E-state index is 0.190. The van der Waals surface area contributed by atoms with Gasteiger partial charge < -0.3 is 9.47 Å². The second kappa shape index (κ2) is 10.2. The van der Waals surface area contributed by atoms with Crippen molar-refractivity contribution in [2.45, 2.75) is 51.0 Å². The molecule has 1 unspecified atom stereocenters. The molecule has 0 spiro atoms. The number of aryl methyl sites for hydroxylation is 1. The minimum atomic E-state index is -0.871. The Labute approximate surface area is 300 Å². The van der Waals surface area contributed by atoms with Crippen molar-refractivity contribution in [1.29, 1.82) is 0 Å². The maximum atomic E-state index is 7.67. The van der Waals surface area contributed by atoms with Gasteiger partial charge in [-0.05, 0) is 91.9 Å². The van der Waals surface area contributed by atoms with Gasteiger partial charge in [-0.3, -0.25) is 0 Å². The van der Waals surface area contributed by atoms with Crippen LogP contribution in [0.4, 0.5) is 0 Å². The van der Waals surface area contributed by atoms with Crippen molar-refractivity contribution in [2.24, 2.45) is 0 Å². The minimum Gasteiger partial charge on any atom is -0.497 e. The van der Waals surface area contributed by atoms with Crippen molar-refractivity contribution < 1.29 is 9.47 Å². The van der Waals surface area contributed by atoms with E-state index in [0.717, 1.165) is 28.0 Å². The van der Waals surface area contributed by atoms with E-state index in [1.807, 2.05) is 12.1 Å². The highest BCUT2D eigenvalue weighted by atomic mass is 16.5. The number of benzene rings is 7. The fourth-order valence-corrected chi connectivity index (χ4v) is 9.70. The molecule has 2 aliphatic carbocycles. The van der Waals surface area contributed by atoms with Gasteiger partial charge in [0.1, 0.15) is 11.5 Å². The van der Waals surface area contributed by atoms with Gasteiger partial charge in [0, 0.05) is 32.9 Å². The Morgan fingerprint density at radius 1 is 0.569 bits per heavy atom. The summed E-state index contributed by atoms with van der Waals surface area (Å²) >= 11 is 0. The van der Waals surface area contributed by atoms with E-state index in [9.17, 15) is 0 Å². The highest BCUT2D eigenvalue weighted by Crippen LogP contribution is 2.59. The lowest BCUT2D eigenvalue weighted by molar-refractivity contribution is 0.163. The van der Waals surface area contributed by atoms with E-state index in [4.69, 9.17) is 9.47 Å². The average molecular weight is 661 g/mol. The lowest BCUT2D eigenvalue weighted by Crippen LogP contribution is -2.35. The SMILES string of the molecule is COc1ccc(C2(c3ccc4c(c3)C(C)(C)c3c-4ccc4ccccc34)C=Cc3c4c(c5ccccc5c3O2)-c2ccc(C)cc2C4(C)C)cc1. The summed E-state index contributed by atoms with van der Waals surface area (Å²) in [4.78, 5) is 0. The van der Waals surface area contributed by atoms with E-state index >= 15 is 0 Å². The van der Waals surface area contributed by atoms with Crippen LogP contribution < -0.4 is 9.47 Å². The Morgan fingerprint density at radius 3 is 2.00 bits per heavy atom. The van der Waals surface area contributed by atoms with Gasteiger partial charge in [-0.25, -0.2) is 0 Å². The average Bonchev–Trinajstić information content (AvgIpc) is 3.54. The molecular formula is C49H40O2. The molecule has 0 aromatic heterocycles. The Morgan fingerprint density at radius 2 is 1.22 bits per heavy atom. The van der Waals surface area contributed by atoms with Crippen LogP contribution in [0.5, 0.6) is 11.5 Å². The molecule has 2 nitrogen and oxygen atoms in total. The zero-order valence-electron chi connectivity index (χ0n) is 30.0. The fourth-order valence-electron chi connectivity index (χ4n) is 9.70. The van der Waals surface area contributed by atoms with E-state index in [0.29, 0.717) is 0 Å². The monoisotopic (exact) mass is 660 g/mol. The highest BCUT2D eigenvalue weighted by molar-refractivity contribution is 6.08. The third-order valence-corrected chi connectivity index (χ3v) is 12.2. The van der Waals surface area contributed by atoms with Gasteiger partial charge in [-0.2, -0.15) is 0 Å². The van der Waals surface area contributed by atoms with Gasteiger partial charge in [-0.1, -0.05) is 142 Å². The molecule has 2 heteroatoms. The second-order valence-electron chi connectivity index (χ2n) is 15.7. The van der Waals surface area contributed by atoms with Crippen molar-refractivity contribution in [3.63, 3.8) is 0 Å². The molecule has 1 aliphatic heterocycles. The van der Waals surface area contributed by atoms with Crippen molar-refractivity contribution >= 4 is 27.6 Å². The van der Waals surface area contributed by atoms with Crippen LogP contribution in [-0.2, 0) is 16.4 Å². The summed E-state index contributed by atoms with van der Waals surface area (Å²) in [5.41, 5.74) is 14.1. The first-order valence-electron chi connectivity index (χ1n) is 18.0. The molecule has 10 rings (SSSR count). The van der Waals surface area contributed by atoms with Crippen molar-refractivity contribution in [3.05, 3.63) is 172 Å². The molecule has 51 heavy (non-hydrogen) atoms. The maximum Gasteiger partial charge on any atom is 0.178 e. The molecule has 0 radical (unpaired) electrons. The third-order valence-electron chi connectivity index (χ3n) is 12.2. The number of methoxy groups -OCH3 is 1. The van der Waals surface area contributed by atoms with Crippen LogP contribution in [0.1, 0.15) is 72.2 Å². The number of hydrogen-bond donors (Lipinski definition) is 0. The molecule has 0 saturated carbocycles. The smallest absolute Gasteiger partial charge is 0.178 e. The van der Waals surface area contributed by atoms with Gasteiger partial charge in [0.15, 0.2) is 5.60 Å². The zero-order valence-corrected chi connectivity index (χ0v) is 30.0. The van der Waals surface area contributed by atoms with Crippen LogP contribution in [0.15, 0.2) is 127 Å². The molecule has 3 aliphatic rings. The third kappa shape index (κ3) is 3.94. The fraction of sp³-hybridized carbons (Fsp3) is 0.184. The van der Waals surface area contributed by atoms with E-state index in [-0.39, 0.29) is 10.8 Å². The maximum absolute atomic E-state index is 7.67. The molecule has 0 N–H and O–H groups in total. The van der Waals surface area contributed by atoms with Gasteiger partial charge in [0.05, 0.1) is 7.11 Å². The number of fused-ring (bicyclic) bond motifs is 13. The topological polar surface area (TPSA) is 18.5 Å². The summed E-state index contributed by atoms with van der Waals surface area (Å²) in [7, 11) is 1.72. The molecule has 1 heterocycles. The lowest BCUT2D eigenvalue weighted by Gasteiger charge is -2.39. The molecule has 1 atom stereocenters. The van der Waals surface area contributed by atoms with Crippen LogP contribution in [0.3, 0.4) is 0 Å². The molecule has 0 saturated heterocycles. The first-order chi connectivity index (χ1) is 24.6. The Kier molecular flexibility index (Phi) is 6.07. The van der Waals surface area contributed by atoms with Crippen LogP contribution in [-0.4, -0.2) is 7.11 Å². The van der Waals surface area contributed by atoms with Crippen LogP contribution in [0.25, 0.3) is 49.9 Å². The normalized spacial score (nSPS) is 18.5. The van der Waals surface area contributed by atoms with E-state index < -0.39 is 5.60 Å². The zero-order chi connectivity index (χ0) is 34.9.